The lowest BCUT2D eigenvalue weighted by molar-refractivity contribution is 0.355. The summed E-state index contributed by atoms with van der Waals surface area (Å²) in [6.45, 7) is 0. The smallest absolute Gasteiger partial charge is 0.235 e. The molecular weight excluding hydrogens is 651 g/mol. The van der Waals surface area contributed by atoms with E-state index >= 15 is 0 Å². The summed E-state index contributed by atoms with van der Waals surface area (Å²) in [7, 11) is 0. The summed E-state index contributed by atoms with van der Waals surface area (Å²) >= 11 is 1.79. The van der Waals surface area contributed by atoms with Crippen molar-refractivity contribution in [2.45, 2.75) is 37.5 Å². The summed E-state index contributed by atoms with van der Waals surface area (Å²) in [4.78, 5) is 11.2. The molecule has 0 bridgehead atoms. The summed E-state index contributed by atoms with van der Waals surface area (Å²) in [6.07, 6.45) is 6.16. The zero-order chi connectivity index (χ0) is 34.0. The van der Waals surface area contributed by atoms with Gasteiger partial charge in [-0.15, -0.1) is 11.3 Å². The molecule has 0 saturated heterocycles. The highest BCUT2D eigenvalue weighted by atomic mass is 32.1. The SMILES string of the molecule is c1ccc2c(c1)-c1c(c3c4ccccc4n(-c4nc(-c5ccc6ccccc6c5)c5sc6ccccc6c5n4)c3c3ccccc13)C21CCCCC1. The van der Waals surface area contributed by atoms with Gasteiger partial charge in [-0.05, 0) is 69.5 Å². The van der Waals surface area contributed by atoms with E-state index in [1.54, 1.807) is 11.3 Å². The second-order valence-electron chi connectivity index (χ2n) is 14.8. The first-order chi connectivity index (χ1) is 25.8. The fourth-order valence-corrected chi connectivity index (χ4v) is 11.2. The topological polar surface area (TPSA) is 30.7 Å². The molecule has 1 saturated carbocycles. The zero-order valence-electron chi connectivity index (χ0n) is 28.6. The number of nitrogens with zero attached hydrogens (tertiary/aromatic N) is 3. The van der Waals surface area contributed by atoms with Crippen LogP contribution in [0.25, 0.3) is 92.0 Å². The van der Waals surface area contributed by atoms with Crippen LogP contribution in [0.2, 0.25) is 0 Å². The summed E-state index contributed by atoms with van der Waals surface area (Å²) < 4.78 is 4.76. The third kappa shape index (κ3) is 3.75. The highest BCUT2D eigenvalue weighted by Crippen LogP contribution is 2.61. The maximum absolute atomic E-state index is 5.62. The summed E-state index contributed by atoms with van der Waals surface area (Å²) in [5, 5.41) is 8.84. The average molecular weight is 684 g/mol. The first kappa shape index (κ1) is 28.8. The van der Waals surface area contributed by atoms with Gasteiger partial charge in [-0.1, -0.05) is 141 Å². The molecular formula is C48H33N3S. The van der Waals surface area contributed by atoms with Crippen LogP contribution < -0.4 is 0 Å². The Bertz CT molecular complexity index is 3120. The molecule has 1 fully saturated rings. The van der Waals surface area contributed by atoms with Gasteiger partial charge in [-0.2, -0.15) is 0 Å². The Morgan fingerprint density at radius 1 is 0.596 bits per heavy atom. The van der Waals surface area contributed by atoms with E-state index in [1.807, 2.05) is 0 Å². The van der Waals surface area contributed by atoms with Crippen LogP contribution in [0.1, 0.15) is 43.2 Å². The van der Waals surface area contributed by atoms with E-state index in [1.165, 1.54) is 102 Å². The van der Waals surface area contributed by atoms with Crippen LogP contribution in [0.5, 0.6) is 0 Å². The van der Waals surface area contributed by atoms with E-state index in [-0.39, 0.29) is 5.41 Å². The Morgan fingerprint density at radius 3 is 2.19 bits per heavy atom. The van der Waals surface area contributed by atoms with Crippen LogP contribution in [0.4, 0.5) is 0 Å². The lowest BCUT2D eigenvalue weighted by atomic mass is 9.66. The summed E-state index contributed by atoms with van der Waals surface area (Å²) in [5.74, 6) is 0.726. The molecule has 4 heteroatoms. The van der Waals surface area contributed by atoms with Crippen molar-refractivity contribution in [2.75, 3.05) is 0 Å². The lowest BCUT2D eigenvalue weighted by Gasteiger charge is -2.36. The van der Waals surface area contributed by atoms with Crippen molar-refractivity contribution >= 4 is 75.0 Å². The maximum Gasteiger partial charge on any atom is 0.235 e. The molecule has 52 heavy (non-hydrogen) atoms. The maximum atomic E-state index is 5.62. The van der Waals surface area contributed by atoms with Crippen LogP contribution in [-0.4, -0.2) is 14.5 Å². The number of rotatable bonds is 2. The number of para-hydroxylation sites is 1. The number of benzene rings is 7. The number of hydrogen-bond donors (Lipinski definition) is 0. The third-order valence-electron chi connectivity index (χ3n) is 12.2. The Hall–Kier alpha value is -5.84. The van der Waals surface area contributed by atoms with E-state index in [2.05, 4.69) is 144 Å². The van der Waals surface area contributed by atoms with Crippen molar-refractivity contribution in [3.63, 3.8) is 0 Å². The standard InChI is InChI=1S/C48H33N3S/c1-12-26-48(27-13-1)37-21-9-6-18-34(37)40-32-16-4-5-17-33(32)45-41(42(40)48)35-19-7-10-22-38(35)51(45)47-49-43(31-25-24-29-14-2-3-15-30(29)28-31)46-44(50-47)36-20-8-11-23-39(36)52-46/h2-11,14-25,28H,1,12-13,26-27H2. The number of fused-ring (bicyclic) bond motifs is 16. The van der Waals surface area contributed by atoms with Crippen molar-refractivity contribution in [1.82, 2.24) is 14.5 Å². The van der Waals surface area contributed by atoms with Gasteiger partial charge in [0.1, 0.15) is 0 Å². The predicted octanol–water partition coefficient (Wildman–Crippen LogP) is 13.1. The molecule has 246 valence electrons. The fraction of sp³-hybridized carbons (Fsp3) is 0.125. The Labute approximate surface area is 304 Å². The van der Waals surface area contributed by atoms with Crippen molar-refractivity contribution in [1.29, 1.82) is 0 Å². The predicted molar refractivity (Wildman–Crippen MR) is 219 cm³/mol. The van der Waals surface area contributed by atoms with Crippen LogP contribution in [0.15, 0.2) is 140 Å². The van der Waals surface area contributed by atoms with E-state index in [0.717, 1.165) is 32.9 Å². The molecule has 3 aromatic heterocycles. The Kier molecular flexibility index (Phi) is 5.87. The molecule has 0 atom stereocenters. The zero-order valence-corrected chi connectivity index (χ0v) is 29.4. The van der Waals surface area contributed by atoms with Gasteiger partial charge in [-0.3, -0.25) is 4.57 Å². The third-order valence-corrected chi connectivity index (χ3v) is 13.3. The molecule has 10 aromatic rings. The van der Waals surface area contributed by atoms with Gasteiger partial charge >= 0.3 is 0 Å². The fourth-order valence-electron chi connectivity index (χ4n) is 10.0. The first-order valence-electron chi connectivity index (χ1n) is 18.6. The van der Waals surface area contributed by atoms with E-state index in [9.17, 15) is 0 Å². The molecule has 0 radical (unpaired) electrons. The largest absolute Gasteiger partial charge is 0.277 e. The van der Waals surface area contributed by atoms with Crippen molar-refractivity contribution in [3.05, 3.63) is 151 Å². The van der Waals surface area contributed by atoms with Crippen LogP contribution in [0, 0.1) is 0 Å². The molecule has 1 spiro atoms. The van der Waals surface area contributed by atoms with Crippen molar-refractivity contribution in [3.8, 4) is 28.3 Å². The van der Waals surface area contributed by atoms with Crippen LogP contribution in [0.3, 0.4) is 0 Å². The van der Waals surface area contributed by atoms with Gasteiger partial charge < -0.3 is 0 Å². The normalized spacial score (nSPS) is 15.1. The molecule has 0 amide bonds. The number of aromatic nitrogens is 3. The Balaban J connectivity index is 1.27. The van der Waals surface area contributed by atoms with Gasteiger partial charge in [0.2, 0.25) is 5.95 Å². The van der Waals surface area contributed by atoms with Crippen LogP contribution >= 0.6 is 11.3 Å². The lowest BCUT2D eigenvalue weighted by Crippen LogP contribution is -2.28. The quantitative estimate of drug-likeness (QED) is 0.182. The molecule has 0 unspecified atom stereocenters. The van der Waals surface area contributed by atoms with Crippen LogP contribution in [-0.2, 0) is 5.41 Å². The number of hydrogen-bond acceptors (Lipinski definition) is 3. The molecule has 3 nitrogen and oxygen atoms in total. The van der Waals surface area contributed by atoms with Gasteiger partial charge in [0.15, 0.2) is 0 Å². The molecule has 7 aromatic carbocycles. The average Bonchev–Trinajstić information content (AvgIpc) is 3.85. The first-order valence-corrected chi connectivity index (χ1v) is 19.4. The Morgan fingerprint density at radius 2 is 1.31 bits per heavy atom. The minimum absolute atomic E-state index is 0.00790. The molecule has 0 N–H and O–H groups in total. The molecule has 0 aliphatic heterocycles. The molecule has 3 heterocycles. The highest BCUT2D eigenvalue weighted by Gasteiger charge is 2.46. The van der Waals surface area contributed by atoms with Gasteiger partial charge in [0.05, 0.1) is 26.9 Å². The molecule has 2 aliphatic carbocycles. The second kappa shape index (κ2) is 10.6. The minimum atomic E-state index is -0.00790. The monoisotopic (exact) mass is 683 g/mol. The number of thiophene rings is 1. The molecule has 12 rings (SSSR count). The van der Waals surface area contributed by atoms with Crippen molar-refractivity contribution < 1.29 is 0 Å². The summed E-state index contributed by atoms with van der Waals surface area (Å²) in [5.41, 5.74) is 11.4. The van der Waals surface area contributed by atoms with Crippen molar-refractivity contribution in [2.24, 2.45) is 0 Å². The van der Waals surface area contributed by atoms with E-state index in [0.29, 0.717) is 0 Å². The highest BCUT2D eigenvalue weighted by molar-refractivity contribution is 7.26. The van der Waals surface area contributed by atoms with Gasteiger partial charge in [-0.25, -0.2) is 9.97 Å². The van der Waals surface area contributed by atoms with Gasteiger partial charge in [0, 0.05) is 37.2 Å². The van der Waals surface area contributed by atoms with Gasteiger partial charge in [0.25, 0.3) is 0 Å². The van der Waals surface area contributed by atoms with E-state index in [4.69, 9.17) is 9.97 Å². The molecule has 2 aliphatic rings. The summed E-state index contributed by atoms with van der Waals surface area (Å²) in [6, 6.07) is 51.4. The second-order valence-corrected chi connectivity index (χ2v) is 15.8. The minimum Gasteiger partial charge on any atom is -0.277 e. The van der Waals surface area contributed by atoms with E-state index < -0.39 is 0 Å².